The molecule has 2 fully saturated rings. The molecule has 1 saturated heterocycles. The second kappa shape index (κ2) is 10.5. The standard InChI is InChI=1S/C26H34N4O2/c27-25(31)22-7-4-16-30(18-22)24-14-8-19(9-15-24)17-28-26(32)29-23-12-10-21(11-13-23)20-5-2-1-3-6-20/h1-3,5-6,8-9,14-15,21-23H,4,7,10-13,16-18H2,(H2,27,31)(H2,28,29,32). The minimum absolute atomic E-state index is 0.0726. The largest absolute Gasteiger partial charge is 0.371 e. The zero-order chi connectivity index (χ0) is 22.3. The summed E-state index contributed by atoms with van der Waals surface area (Å²) in [5.74, 6) is 0.320. The van der Waals surface area contributed by atoms with Gasteiger partial charge >= 0.3 is 6.03 Å². The van der Waals surface area contributed by atoms with E-state index in [1.807, 2.05) is 12.1 Å². The van der Waals surface area contributed by atoms with Crippen molar-refractivity contribution in [3.05, 3.63) is 65.7 Å². The van der Waals surface area contributed by atoms with Gasteiger partial charge in [0.25, 0.3) is 0 Å². The van der Waals surface area contributed by atoms with Crippen LogP contribution in [0.15, 0.2) is 54.6 Å². The van der Waals surface area contributed by atoms with Crippen molar-refractivity contribution in [3.63, 3.8) is 0 Å². The second-order valence-electron chi connectivity index (χ2n) is 9.14. The molecule has 4 N–H and O–H groups in total. The highest BCUT2D eigenvalue weighted by molar-refractivity contribution is 5.77. The molecule has 6 heteroatoms. The van der Waals surface area contributed by atoms with Crippen LogP contribution in [-0.2, 0) is 11.3 Å². The number of amides is 3. The molecule has 0 bridgehead atoms. The maximum Gasteiger partial charge on any atom is 0.315 e. The Kier molecular flexibility index (Phi) is 7.30. The number of primary amides is 1. The SMILES string of the molecule is NC(=O)C1CCCN(c2ccc(CNC(=O)NC3CCC(c4ccccc4)CC3)cc2)C1. The molecule has 2 aromatic carbocycles. The van der Waals surface area contributed by atoms with Crippen LogP contribution < -0.4 is 21.3 Å². The van der Waals surface area contributed by atoms with E-state index >= 15 is 0 Å². The van der Waals surface area contributed by atoms with Gasteiger partial charge < -0.3 is 21.3 Å². The Morgan fingerprint density at radius 1 is 0.938 bits per heavy atom. The molecule has 6 nitrogen and oxygen atoms in total. The fourth-order valence-corrected chi connectivity index (χ4v) is 4.98. The van der Waals surface area contributed by atoms with Crippen LogP contribution in [0.3, 0.4) is 0 Å². The first kappa shape index (κ1) is 22.2. The number of hydrogen-bond acceptors (Lipinski definition) is 3. The molecule has 1 aliphatic heterocycles. The summed E-state index contributed by atoms with van der Waals surface area (Å²) in [4.78, 5) is 26.1. The van der Waals surface area contributed by atoms with Gasteiger partial charge in [0, 0.05) is 31.4 Å². The van der Waals surface area contributed by atoms with Crippen molar-refractivity contribution in [2.75, 3.05) is 18.0 Å². The number of hydrogen-bond donors (Lipinski definition) is 3. The predicted octanol–water partition coefficient (Wildman–Crippen LogP) is 3.91. The third kappa shape index (κ3) is 5.81. The number of benzene rings is 2. The van der Waals surface area contributed by atoms with Crippen molar-refractivity contribution in [2.45, 2.75) is 57.0 Å². The van der Waals surface area contributed by atoms with Crippen LogP contribution in [0.2, 0.25) is 0 Å². The molecular weight excluding hydrogens is 400 g/mol. The quantitative estimate of drug-likeness (QED) is 0.644. The molecule has 1 atom stereocenters. The normalized spacial score (nSPS) is 23.4. The lowest BCUT2D eigenvalue weighted by atomic mass is 9.82. The highest BCUT2D eigenvalue weighted by Gasteiger charge is 2.25. The number of nitrogens with one attached hydrogen (secondary N) is 2. The minimum Gasteiger partial charge on any atom is -0.371 e. The van der Waals surface area contributed by atoms with Gasteiger partial charge in [0.15, 0.2) is 0 Å². The lowest BCUT2D eigenvalue weighted by Gasteiger charge is -2.33. The molecule has 32 heavy (non-hydrogen) atoms. The number of urea groups is 1. The van der Waals surface area contributed by atoms with Crippen LogP contribution >= 0.6 is 0 Å². The van der Waals surface area contributed by atoms with E-state index in [2.05, 4.69) is 58.0 Å². The van der Waals surface area contributed by atoms with Gasteiger partial charge in [0.1, 0.15) is 0 Å². The van der Waals surface area contributed by atoms with Crippen LogP contribution in [0, 0.1) is 5.92 Å². The molecule has 0 radical (unpaired) electrons. The van der Waals surface area contributed by atoms with Crippen molar-refractivity contribution in [2.24, 2.45) is 11.7 Å². The number of nitrogens with zero attached hydrogens (tertiary/aromatic N) is 1. The molecule has 0 spiro atoms. The minimum atomic E-state index is -0.213. The summed E-state index contributed by atoms with van der Waals surface area (Å²) in [7, 11) is 0. The van der Waals surface area contributed by atoms with E-state index in [1.165, 1.54) is 5.56 Å². The van der Waals surface area contributed by atoms with Crippen LogP contribution in [0.4, 0.5) is 10.5 Å². The van der Waals surface area contributed by atoms with Gasteiger partial charge in [-0.25, -0.2) is 4.79 Å². The van der Waals surface area contributed by atoms with E-state index in [1.54, 1.807) is 0 Å². The van der Waals surface area contributed by atoms with E-state index < -0.39 is 0 Å². The highest BCUT2D eigenvalue weighted by Crippen LogP contribution is 2.32. The van der Waals surface area contributed by atoms with Gasteiger partial charge in [-0.1, -0.05) is 42.5 Å². The van der Waals surface area contributed by atoms with Gasteiger partial charge in [-0.3, -0.25) is 4.79 Å². The molecule has 0 aromatic heterocycles. The number of nitrogens with two attached hydrogens (primary N) is 1. The first-order chi connectivity index (χ1) is 15.6. The Morgan fingerprint density at radius 2 is 1.66 bits per heavy atom. The topological polar surface area (TPSA) is 87.5 Å². The Morgan fingerprint density at radius 3 is 2.34 bits per heavy atom. The summed E-state index contributed by atoms with van der Waals surface area (Å²) < 4.78 is 0. The third-order valence-corrected chi connectivity index (χ3v) is 6.91. The number of carbonyl (C=O) groups excluding carboxylic acids is 2. The molecule has 3 amide bonds. The van der Waals surface area contributed by atoms with Crippen molar-refractivity contribution in [3.8, 4) is 0 Å². The molecule has 1 saturated carbocycles. The summed E-state index contributed by atoms with van der Waals surface area (Å²) >= 11 is 0. The van der Waals surface area contributed by atoms with Crippen LogP contribution in [0.1, 0.15) is 55.6 Å². The maximum atomic E-state index is 12.4. The Labute approximate surface area is 190 Å². The van der Waals surface area contributed by atoms with E-state index in [-0.39, 0.29) is 23.9 Å². The zero-order valence-electron chi connectivity index (χ0n) is 18.6. The fourth-order valence-electron chi connectivity index (χ4n) is 4.98. The van der Waals surface area contributed by atoms with Gasteiger partial charge in [0.05, 0.1) is 5.92 Å². The average Bonchev–Trinajstić information content (AvgIpc) is 2.84. The van der Waals surface area contributed by atoms with Gasteiger partial charge in [0.2, 0.25) is 5.91 Å². The first-order valence-electron chi connectivity index (χ1n) is 11.8. The van der Waals surface area contributed by atoms with E-state index in [0.717, 1.165) is 56.3 Å². The van der Waals surface area contributed by atoms with E-state index in [4.69, 9.17) is 5.73 Å². The summed E-state index contributed by atoms with van der Waals surface area (Å²) in [6, 6.07) is 19.0. The average molecular weight is 435 g/mol. The van der Waals surface area contributed by atoms with Gasteiger partial charge in [-0.05, 0) is 67.7 Å². The molecule has 1 aliphatic carbocycles. The van der Waals surface area contributed by atoms with E-state index in [9.17, 15) is 9.59 Å². The summed E-state index contributed by atoms with van der Waals surface area (Å²) in [6.07, 6.45) is 6.11. The zero-order valence-corrected chi connectivity index (χ0v) is 18.6. The van der Waals surface area contributed by atoms with Gasteiger partial charge in [-0.15, -0.1) is 0 Å². The lowest BCUT2D eigenvalue weighted by Crippen LogP contribution is -2.43. The molecule has 2 aliphatic rings. The predicted molar refractivity (Wildman–Crippen MR) is 127 cm³/mol. The fraction of sp³-hybridized carbons (Fsp3) is 0.462. The first-order valence-corrected chi connectivity index (χ1v) is 11.8. The molecule has 2 aromatic rings. The number of anilines is 1. The summed E-state index contributed by atoms with van der Waals surface area (Å²) in [5, 5.41) is 6.12. The number of piperidine rings is 1. The Bertz CT molecular complexity index is 892. The summed E-state index contributed by atoms with van der Waals surface area (Å²) in [6.45, 7) is 2.12. The highest BCUT2D eigenvalue weighted by atomic mass is 16.2. The second-order valence-corrected chi connectivity index (χ2v) is 9.14. The smallest absolute Gasteiger partial charge is 0.315 e. The number of rotatable bonds is 6. The molecule has 1 heterocycles. The van der Waals surface area contributed by atoms with Crippen LogP contribution in [-0.4, -0.2) is 31.1 Å². The molecular formula is C26H34N4O2. The lowest BCUT2D eigenvalue weighted by molar-refractivity contribution is -0.122. The monoisotopic (exact) mass is 434 g/mol. The van der Waals surface area contributed by atoms with Crippen molar-refractivity contribution in [1.82, 2.24) is 10.6 Å². The number of carbonyl (C=O) groups is 2. The van der Waals surface area contributed by atoms with E-state index in [0.29, 0.717) is 19.0 Å². The Balaban J connectivity index is 1.20. The van der Waals surface area contributed by atoms with Gasteiger partial charge in [-0.2, -0.15) is 0 Å². The molecule has 4 rings (SSSR count). The molecule has 170 valence electrons. The van der Waals surface area contributed by atoms with Crippen LogP contribution in [0.25, 0.3) is 0 Å². The third-order valence-electron chi connectivity index (χ3n) is 6.91. The maximum absolute atomic E-state index is 12.4. The summed E-state index contributed by atoms with van der Waals surface area (Å²) in [5.41, 5.74) is 9.05. The van der Waals surface area contributed by atoms with Crippen molar-refractivity contribution >= 4 is 17.6 Å². The van der Waals surface area contributed by atoms with Crippen molar-refractivity contribution < 1.29 is 9.59 Å². The van der Waals surface area contributed by atoms with Crippen molar-refractivity contribution in [1.29, 1.82) is 0 Å². The Hall–Kier alpha value is -3.02. The van der Waals surface area contributed by atoms with Crippen LogP contribution in [0.5, 0.6) is 0 Å². The molecule has 1 unspecified atom stereocenters.